The highest BCUT2D eigenvalue weighted by Crippen LogP contribution is 2.37. The van der Waals surface area contributed by atoms with Gasteiger partial charge < -0.3 is 10.1 Å². The third kappa shape index (κ3) is 2.66. The van der Waals surface area contributed by atoms with E-state index in [2.05, 4.69) is 12.2 Å². The van der Waals surface area contributed by atoms with Gasteiger partial charge in [0.15, 0.2) is 0 Å². The van der Waals surface area contributed by atoms with E-state index >= 15 is 0 Å². The minimum Gasteiger partial charge on any atom is -0.375 e. The molecule has 19 heavy (non-hydrogen) atoms. The van der Waals surface area contributed by atoms with Crippen molar-refractivity contribution >= 4 is 5.91 Å². The van der Waals surface area contributed by atoms with E-state index in [0.717, 1.165) is 18.4 Å². The van der Waals surface area contributed by atoms with Gasteiger partial charge in [0, 0.05) is 17.5 Å². The van der Waals surface area contributed by atoms with Crippen molar-refractivity contribution in [2.24, 2.45) is 5.92 Å². The Kier molecular flexibility index (Phi) is 3.56. The maximum Gasteiger partial charge on any atom is 0.251 e. The quantitative estimate of drug-likeness (QED) is 0.887. The Labute approximate surface area is 114 Å². The molecule has 2 aliphatic rings. The zero-order chi connectivity index (χ0) is 13.2. The lowest BCUT2D eigenvalue weighted by Crippen LogP contribution is -2.49. The van der Waals surface area contributed by atoms with Crippen LogP contribution in [0.15, 0.2) is 30.3 Å². The Balaban J connectivity index is 1.70. The van der Waals surface area contributed by atoms with Gasteiger partial charge in [-0.1, -0.05) is 24.6 Å². The van der Waals surface area contributed by atoms with Gasteiger partial charge >= 0.3 is 0 Å². The molecule has 0 aromatic heterocycles. The Morgan fingerprint density at radius 1 is 1.26 bits per heavy atom. The van der Waals surface area contributed by atoms with E-state index in [0.29, 0.717) is 12.0 Å². The summed E-state index contributed by atoms with van der Waals surface area (Å²) in [5.41, 5.74) is 0.746. The largest absolute Gasteiger partial charge is 0.375 e. The summed E-state index contributed by atoms with van der Waals surface area (Å²) in [5, 5.41) is 3.22. The topological polar surface area (TPSA) is 38.3 Å². The normalized spacial score (nSPS) is 33.7. The molecule has 0 unspecified atom stereocenters. The van der Waals surface area contributed by atoms with E-state index in [1.807, 2.05) is 30.3 Å². The fourth-order valence-corrected chi connectivity index (χ4v) is 3.48. The van der Waals surface area contributed by atoms with E-state index in [9.17, 15) is 4.79 Å². The zero-order valence-corrected chi connectivity index (χ0v) is 11.3. The summed E-state index contributed by atoms with van der Waals surface area (Å²) in [6.07, 6.45) is 5.08. The molecule has 1 N–H and O–H groups in total. The third-order valence-corrected chi connectivity index (χ3v) is 4.37. The van der Waals surface area contributed by atoms with Crippen molar-refractivity contribution in [1.29, 1.82) is 0 Å². The maximum absolute atomic E-state index is 12.3. The van der Waals surface area contributed by atoms with Crippen LogP contribution >= 0.6 is 0 Å². The molecule has 1 aliphatic carbocycles. The first kappa shape index (κ1) is 12.7. The van der Waals surface area contributed by atoms with Gasteiger partial charge in [-0.25, -0.2) is 0 Å². The molecule has 1 saturated carbocycles. The van der Waals surface area contributed by atoms with Gasteiger partial charge in [0.05, 0.1) is 12.2 Å². The molecular weight excluding hydrogens is 238 g/mol. The molecule has 1 aliphatic heterocycles. The summed E-state index contributed by atoms with van der Waals surface area (Å²) in [6, 6.07) is 9.73. The molecule has 3 rings (SSSR count). The van der Waals surface area contributed by atoms with Crippen molar-refractivity contribution in [3.8, 4) is 0 Å². The van der Waals surface area contributed by atoms with Crippen molar-refractivity contribution in [2.45, 2.75) is 50.9 Å². The van der Waals surface area contributed by atoms with Gasteiger partial charge in [-0.2, -0.15) is 0 Å². The molecule has 0 radical (unpaired) electrons. The number of benzene rings is 1. The average Bonchev–Trinajstić information content (AvgIpc) is 2.88. The predicted molar refractivity (Wildman–Crippen MR) is 74.0 cm³/mol. The van der Waals surface area contributed by atoms with Crippen LogP contribution in [-0.4, -0.2) is 24.2 Å². The number of fused-ring (bicyclic) bond motifs is 1. The molecule has 4 atom stereocenters. The van der Waals surface area contributed by atoms with Gasteiger partial charge in [-0.15, -0.1) is 0 Å². The molecule has 1 heterocycles. The van der Waals surface area contributed by atoms with E-state index in [4.69, 9.17) is 4.74 Å². The van der Waals surface area contributed by atoms with Crippen LogP contribution in [0.1, 0.15) is 43.0 Å². The minimum absolute atomic E-state index is 0.0466. The van der Waals surface area contributed by atoms with Crippen molar-refractivity contribution in [3.63, 3.8) is 0 Å². The van der Waals surface area contributed by atoms with Crippen LogP contribution in [0.4, 0.5) is 0 Å². The molecule has 0 bridgehead atoms. The summed E-state index contributed by atoms with van der Waals surface area (Å²) in [6.45, 7) is 2.11. The number of hydrogen-bond acceptors (Lipinski definition) is 2. The molecule has 1 amide bonds. The SMILES string of the molecule is C[C@H]1C[C@@H](NC(=O)c2ccccc2)[C@@H]2CCC[C@H]2O1. The number of carbonyl (C=O) groups is 1. The molecule has 3 heteroatoms. The molecule has 2 fully saturated rings. The fourth-order valence-electron chi connectivity index (χ4n) is 3.48. The van der Waals surface area contributed by atoms with Crippen LogP contribution < -0.4 is 5.32 Å². The first-order valence-electron chi connectivity index (χ1n) is 7.25. The van der Waals surface area contributed by atoms with Gasteiger partial charge in [-0.3, -0.25) is 4.79 Å². The number of carbonyl (C=O) groups excluding carboxylic acids is 1. The highest BCUT2D eigenvalue weighted by Gasteiger charge is 2.40. The monoisotopic (exact) mass is 259 g/mol. The Hall–Kier alpha value is -1.35. The number of rotatable bonds is 2. The first-order chi connectivity index (χ1) is 9.24. The van der Waals surface area contributed by atoms with Crippen molar-refractivity contribution in [1.82, 2.24) is 5.32 Å². The summed E-state index contributed by atoms with van der Waals surface area (Å²) in [7, 11) is 0. The lowest BCUT2D eigenvalue weighted by Gasteiger charge is -2.38. The standard InChI is InChI=1S/C16H21NO2/c1-11-10-14(13-8-5-9-15(13)19-11)17-16(18)12-6-3-2-4-7-12/h2-4,6-7,11,13-15H,5,8-10H2,1H3,(H,17,18)/t11-,13-,14+,15+/m0/s1. The highest BCUT2D eigenvalue weighted by atomic mass is 16.5. The average molecular weight is 259 g/mol. The Morgan fingerprint density at radius 2 is 2.05 bits per heavy atom. The van der Waals surface area contributed by atoms with Crippen molar-refractivity contribution in [2.75, 3.05) is 0 Å². The fraction of sp³-hybridized carbons (Fsp3) is 0.562. The van der Waals surface area contributed by atoms with Crippen LogP contribution in [0.3, 0.4) is 0 Å². The Bertz CT molecular complexity index is 445. The van der Waals surface area contributed by atoms with E-state index in [1.165, 1.54) is 12.8 Å². The van der Waals surface area contributed by atoms with Gasteiger partial charge in [0.25, 0.3) is 5.91 Å². The lowest BCUT2D eigenvalue weighted by atomic mass is 9.88. The van der Waals surface area contributed by atoms with E-state index in [1.54, 1.807) is 0 Å². The minimum atomic E-state index is 0.0466. The van der Waals surface area contributed by atoms with Crippen LogP contribution in [0, 0.1) is 5.92 Å². The van der Waals surface area contributed by atoms with Gasteiger partial charge in [-0.05, 0) is 38.3 Å². The third-order valence-electron chi connectivity index (χ3n) is 4.37. The summed E-state index contributed by atoms with van der Waals surface area (Å²) < 4.78 is 5.98. The van der Waals surface area contributed by atoms with Crippen molar-refractivity contribution in [3.05, 3.63) is 35.9 Å². The number of hydrogen-bond donors (Lipinski definition) is 1. The zero-order valence-electron chi connectivity index (χ0n) is 11.3. The summed E-state index contributed by atoms with van der Waals surface area (Å²) >= 11 is 0. The number of ether oxygens (including phenoxy) is 1. The van der Waals surface area contributed by atoms with Crippen LogP contribution in [0.2, 0.25) is 0 Å². The van der Waals surface area contributed by atoms with Crippen molar-refractivity contribution < 1.29 is 9.53 Å². The molecule has 1 aromatic carbocycles. The second-order valence-corrected chi connectivity index (χ2v) is 5.76. The lowest BCUT2D eigenvalue weighted by molar-refractivity contribution is -0.0737. The molecule has 0 spiro atoms. The van der Waals surface area contributed by atoms with Crippen LogP contribution in [0.5, 0.6) is 0 Å². The van der Waals surface area contributed by atoms with Gasteiger partial charge in [0.2, 0.25) is 0 Å². The number of nitrogens with one attached hydrogen (secondary N) is 1. The van der Waals surface area contributed by atoms with E-state index < -0.39 is 0 Å². The van der Waals surface area contributed by atoms with Crippen LogP contribution in [0.25, 0.3) is 0 Å². The van der Waals surface area contributed by atoms with Crippen LogP contribution in [-0.2, 0) is 4.74 Å². The summed E-state index contributed by atoms with van der Waals surface area (Å²) in [5.74, 6) is 0.550. The number of amides is 1. The van der Waals surface area contributed by atoms with E-state index in [-0.39, 0.29) is 18.1 Å². The molecule has 3 nitrogen and oxygen atoms in total. The smallest absolute Gasteiger partial charge is 0.251 e. The highest BCUT2D eigenvalue weighted by molar-refractivity contribution is 5.94. The second kappa shape index (κ2) is 5.33. The molecule has 1 aromatic rings. The second-order valence-electron chi connectivity index (χ2n) is 5.76. The molecular formula is C16H21NO2. The first-order valence-corrected chi connectivity index (χ1v) is 7.25. The predicted octanol–water partition coefficient (Wildman–Crippen LogP) is 2.76. The summed E-state index contributed by atoms with van der Waals surface area (Å²) in [4.78, 5) is 12.3. The molecule has 1 saturated heterocycles. The van der Waals surface area contributed by atoms with Gasteiger partial charge in [0.1, 0.15) is 0 Å². The Morgan fingerprint density at radius 3 is 2.84 bits per heavy atom. The molecule has 102 valence electrons. The maximum atomic E-state index is 12.3.